The van der Waals surface area contributed by atoms with Gasteiger partial charge in [-0.1, -0.05) is 171 Å². The molecule has 0 aliphatic rings. The van der Waals surface area contributed by atoms with E-state index in [1.165, 1.54) is 81.9 Å². The highest BCUT2D eigenvalue weighted by Crippen LogP contribution is 2.44. The van der Waals surface area contributed by atoms with Gasteiger partial charge in [0.05, 0.1) is 37.6 Å². The van der Waals surface area contributed by atoms with Gasteiger partial charge in [-0.3, -0.25) is 19.2 Å². The Balaban J connectivity index is 0.000000132. The number of methoxy groups -OCH3 is 2. The van der Waals surface area contributed by atoms with E-state index in [1.54, 1.807) is 137 Å². The normalized spacial score (nSPS) is 13.0. The molecule has 0 aliphatic carbocycles. The van der Waals surface area contributed by atoms with E-state index in [9.17, 15) is 63.1 Å². The van der Waals surface area contributed by atoms with Crippen LogP contribution in [-0.4, -0.2) is 106 Å². The third-order valence-electron chi connectivity index (χ3n) is 23.0. The molecule has 0 unspecified atom stereocenters. The Morgan fingerprint density at radius 2 is 0.496 bits per heavy atom. The standard InChI is InChI=1S/C28H25NO5S2.2C27H23NO5S2.C22H20BrNO5S2/c1-17(2)27(28(30)33-3)29-36(31,32)20-10-12-23-22(16-20)21-11-9-19(15-24(21)34-23)26-14-13-25(35-26)18-7-5-4-6-8-18;2*1-16(2)26(27(29)30)28-35(31,32)19-9-11-22-21(15-19)20-10-8-18(14-23(20)33-22)25-13-12-24(34-25)17-6-4-3-5-7-17;1-12(2)21(22(25)28-3)24-31(26,27)14-5-7-17-16(11-14)15-6-4-13(10-18(15)29-17)19-8-9-20(23)30-19/h4-17,27,29H,1-3H3;2*3-16,26,28H,1-2H3,(H,29,30);4-12,21,24H,1-3H3/t27-;2*26-;21-/m1111/s1. The molecule has 0 aliphatic heterocycles. The first-order chi connectivity index (χ1) is 65.4. The molecular formula is C104H91BrN4O20S8. The van der Waals surface area contributed by atoms with E-state index in [0.717, 1.165) is 67.1 Å². The fourth-order valence-corrected chi connectivity index (χ4v) is 25.4. The maximum Gasteiger partial charge on any atom is 0.324 e. The number of carbonyl (C=O) groups is 4. The number of fused-ring (bicyclic) bond motifs is 12. The number of halogens is 1. The van der Waals surface area contributed by atoms with Crippen molar-refractivity contribution in [3.8, 4) is 73.1 Å². The van der Waals surface area contributed by atoms with Crippen LogP contribution >= 0.6 is 61.3 Å². The zero-order valence-electron chi connectivity index (χ0n) is 75.1. The zero-order chi connectivity index (χ0) is 97.3. The molecule has 0 radical (unpaired) electrons. The monoisotopic (exact) mass is 2050 g/mol. The molecule has 0 amide bonds. The highest BCUT2D eigenvalue weighted by molar-refractivity contribution is 9.11. The zero-order valence-corrected chi connectivity index (χ0v) is 83.3. The number of benzene rings is 11. The lowest BCUT2D eigenvalue weighted by Gasteiger charge is -2.19. The predicted octanol–water partition coefficient (Wildman–Crippen LogP) is 24.7. The lowest BCUT2D eigenvalue weighted by molar-refractivity contribution is -0.144. The van der Waals surface area contributed by atoms with Gasteiger partial charge in [0.15, 0.2) is 0 Å². The molecule has 24 nitrogen and oxygen atoms in total. The number of thiophene rings is 4. The Hall–Kier alpha value is -12.6. The minimum absolute atomic E-state index is 0.00515. The average molecular weight is 2050 g/mol. The van der Waals surface area contributed by atoms with Crippen molar-refractivity contribution in [2.75, 3.05) is 14.2 Å². The lowest BCUT2D eigenvalue weighted by atomic mass is 10.1. The van der Waals surface area contributed by atoms with Gasteiger partial charge in [-0.2, -0.15) is 18.9 Å². The van der Waals surface area contributed by atoms with E-state index in [1.807, 2.05) is 140 Å². The number of furan rings is 4. The van der Waals surface area contributed by atoms with Gasteiger partial charge < -0.3 is 37.4 Å². The molecule has 19 aromatic rings. The first-order valence-corrected chi connectivity index (χ1v) is 53.2. The molecule has 8 heterocycles. The van der Waals surface area contributed by atoms with E-state index in [0.29, 0.717) is 66.2 Å². The van der Waals surface area contributed by atoms with E-state index in [4.69, 9.17) is 27.1 Å². The third-order valence-corrected chi connectivity index (χ3v) is 33.9. The Bertz CT molecular complexity index is 8030. The Labute approximate surface area is 814 Å². The molecule has 0 spiro atoms. The average Bonchev–Trinajstić information content (AvgIpc) is 1.67. The van der Waals surface area contributed by atoms with Crippen molar-refractivity contribution in [2.45, 2.75) is 99.1 Å². The predicted molar refractivity (Wildman–Crippen MR) is 547 cm³/mol. The fraction of sp³-hybridized carbons (Fsp3) is 0.173. The Kier molecular flexibility index (Phi) is 28.9. The summed E-state index contributed by atoms with van der Waals surface area (Å²) in [6, 6.07) is 84.9. The third kappa shape index (κ3) is 21.4. The highest BCUT2D eigenvalue weighted by Gasteiger charge is 2.34. The van der Waals surface area contributed by atoms with Crippen LogP contribution in [-0.2, 0) is 68.7 Å². The SMILES string of the molecule is CC(C)[C@@H](NS(=O)(=O)c1ccc2oc3cc(-c4ccc(-c5ccccc5)s4)ccc3c2c1)C(=O)O.CC(C)[C@@H](NS(=O)(=O)c1ccc2oc3cc(-c4ccc(-c5ccccc5)s4)ccc3c2c1)C(=O)O.COC(=O)[C@H](NS(=O)(=O)c1ccc2oc3cc(-c4ccc(-c5ccccc5)s4)ccc3c2c1)C(C)C.COC(=O)[C@H](NS(=O)(=O)c1ccc2oc3cc(-c4ccc(Br)s4)ccc3c2c1)C(C)C. The number of ether oxygens (including phenoxy) is 2. The number of esters is 2. The molecule has 19 rings (SSSR count). The van der Waals surface area contributed by atoms with Crippen molar-refractivity contribution < 1.29 is 90.2 Å². The molecule has 0 saturated carbocycles. The lowest BCUT2D eigenvalue weighted by Crippen LogP contribution is -2.44. The van der Waals surface area contributed by atoms with E-state index >= 15 is 0 Å². The minimum atomic E-state index is -4.03. The largest absolute Gasteiger partial charge is 0.480 e. The van der Waals surface area contributed by atoms with Gasteiger partial charge in [-0.05, 0) is 248 Å². The molecule has 4 atom stereocenters. The molecule has 33 heteroatoms. The van der Waals surface area contributed by atoms with Gasteiger partial charge in [0.1, 0.15) is 68.8 Å². The second-order valence-electron chi connectivity index (χ2n) is 33.7. The summed E-state index contributed by atoms with van der Waals surface area (Å²) in [7, 11) is -13.5. The van der Waals surface area contributed by atoms with Gasteiger partial charge in [0.2, 0.25) is 40.1 Å². The van der Waals surface area contributed by atoms with Gasteiger partial charge in [0, 0.05) is 77.2 Å². The van der Waals surface area contributed by atoms with E-state index in [-0.39, 0.29) is 31.4 Å². The number of rotatable bonds is 27. The van der Waals surface area contributed by atoms with Crippen LogP contribution in [0.25, 0.3) is 161 Å². The van der Waals surface area contributed by atoms with Crippen LogP contribution < -0.4 is 18.9 Å². The van der Waals surface area contributed by atoms with Crippen molar-refractivity contribution in [1.82, 2.24) is 18.9 Å². The fourth-order valence-electron chi connectivity index (χ4n) is 15.6. The molecule has 0 saturated heterocycles. The molecular weight excluding hydrogens is 1960 g/mol. The van der Waals surface area contributed by atoms with Crippen molar-refractivity contribution >= 4 is 213 Å². The number of carbonyl (C=O) groups excluding carboxylic acids is 2. The summed E-state index contributed by atoms with van der Waals surface area (Å²) in [5.74, 6) is -5.02. The molecule has 6 N–H and O–H groups in total. The number of hydrogen-bond acceptors (Lipinski definition) is 22. The molecule has 0 fully saturated rings. The van der Waals surface area contributed by atoms with E-state index < -0.39 is 100.0 Å². The Morgan fingerprint density at radius 1 is 0.270 bits per heavy atom. The van der Waals surface area contributed by atoms with Crippen LogP contribution in [0.4, 0.5) is 0 Å². The van der Waals surface area contributed by atoms with Crippen LogP contribution in [0.1, 0.15) is 55.4 Å². The summed E-state index contributed by atoms with van der Waals surface area (Å²) >= 11 is 10.2. The van der Waals surface area contributed by atoms with Gasteiger partial charge in [0.25, 0.3) is 0 Å². The number of aliphatic carboxylic acids is 2. The number of carboxylic acid groups (broad SMARTS) is 2. The van der Waals surface area contributed by atoms with Crippen LogP contribution in [0.3, 0.4) is 0 Å². The summed E-state index contributed by atoms with van der Waals surface area (Å²) < 4.78 is 148. The molecule has 137 heavy (non-hydrogen) atoms. The number of hydrogen-bond donors (Lipinski definition) is 6. The van der Waals surface area contributed by atoms with Crippen LogP contribution in [0, 0.1) is 23.7 Å². The second kappa shape index (κ2) is 40.6. The summed E-state index contributed by atoms with van der Waals surface area (Å²) in [5.41, 5.74) is 12.5. The summed E-state index contributed by atoms with van der Waals surface area (Å²) in [6.45, 7) is 13.6. The first-order valence-electron chi connectivity index (χ1n) is 43.2. The van der Waals surface area contributed by atoms with Crippen LogP contribution in [0.2, 0.25) is 0 Å². The topological polar surface area (TPSA) is 364 Å². The molecule has 11 aromatic carbocycles. The van der Waals surface area contributed by atoms with Crippen molar-refractivity contribution in [3.05, 3.63) is 289 Å². The second-order valence-corrected chi connectivity index (χ2v) is 46.2. The smallest absolute Gasteiger partial charge is 0.324 e. The van der Waals surface area contributed by atoms with Crippen LogP contribution in [0.15, 0.2) is 326 Å². The maximum absolute atomic E-state index is 13.1. The van der Waals surface area contributed by atoms with Gasteiger partial charge in [-0.25, -0.2) is 33.7 Å². The van der Waals surface area contributed by atoms with Gasteiger partial charge >= 0.3 is 23.9 Å². The van der Waals surface area contributed by atoms with Crippen molar-refractivity contribution in [1.29, 1.82) is 0 Å². The first kappa shape index (κ1) is 97.5. The van der Waals surface area contributed by atoms with Crippen LogP contribution in [0.5, 0.6) is 0 Å². The summed E-state index contributed by atoms with van der Waals surface area (Å²) in [4.78, 5) is 55.1. The maximum atomic E-state index is 13.1. The molecule has 8 aromatic heterocycles. The number of nitrogens with one attached hydrogen (secondary N) is 4. The molecule has 702 valence electrons. The minimum Gasteiger partial charge on any atom is -0.480 e. The quantitative estimate of drug-likeness (QED) is 0.0260. The number of sulfonamides is 4. The summed E-state index contributed by atoms with van der Waals surface area (Å²) in [5, 5.41) is 24.7. The Morgan fingerprint density at radius 3 is 0.715 bits per heavy atom. The van der Waals surface area contributed by atoms with E-state index in [2.05, 4.69) is 108 Å². The summed E-state index contributed by atoms with van der Waals surface area (Å²) in [6.07, 6.45) is 0. The molecule has 0 bridgehead atoms. The van der Waals surface area contributed by atoms with Crippen molar-refractivity contribution in [3.63, 3.8) is 0 Å². The van der Waals surface area contributed by atoms with Gasteiger partial charge in [-0.15, -0.1) is 45.3 Å². The number of carboxylic acids is 2. The van der Waals surface area contributed by atoms with Crippen molar-refractivity contribution in [2.24, 2.45) is 23.7 Å². The highest BCUT2D eigenvalue weighted by atomic mass is 79.9.